The van der Waals surface area contributed by atoms with Crippen LogP contribution in [0.4, 0.5) is 0 Å². The van der Waals surface area contributed by atoms with E-state index >= 15 is 0 Å². The number of alkyl halides is 4. The molecule has 0 aliphatic heterocycles. The Balaban J connectivity index is 2.95. The Morgan fingerprint density at radius 1 is 0.857 bits per heavy atom. The highest BCUT2D eigenvalue weighted by atomic mass is 35.5. The molecule has 0 aliphatic carbocycles. The summed E-state index contributed by atoms with van der Waals surface area (Å²) in [5, 5.41) is 0. The molecule has 0 unspecified atom stereocenters. The average Bonchev–Trinajstić information content (AvgIpc) is 1.27. The maximum atomic E-state index is 5.16. The summed E-state index contributed by atoms with van der Waals surface area (Å²) in [4.78, 5) is -1.39. The third kappa shape index (κ3) is 7.16. The van der Waals surface area contributed by atoms with E-state index in [2.05, 4.69) is 6.42 Å². The summed E-state index contributed by atoms with van der Waals surface area (Å²) in [5.74, 6) is 0. The largest absolute Gasteiger partial charge is 0.117 e. The molecule has 0 nitrogen and oxygen atoms in total. The van der Waals surface area contributed by atoms with Crippen molar-refractivity contribution in [2.45, 2.75) is 9.67 Å². The SMILES string of the molecule is ClC(Cl)[C]C(Cl)Cl. The van der Waals surface area contributed by atoms with Crippen LogP contribution in [-0.2, 0) is 0 Å². The highest BCUT2D eigenvalue weighted by molar-refractivity contribution is 6.49. The van der Waals surface area contributed by atoms with E-state index in [4.69, 9.17) is 46.4 Å². The first-order valence-electron chi connectivity index (χ1n) is 1.45. The van der Waals surface area contributed by atoms with Crippen LogP contribution in [0.1, 0.15) is 0 Å². The Labute approximate surface area is 62.7 Å². The monoisotopic (exact) mass is 178 g/mol. The molecule has 0 aromatic heterocycles. The summed E-state index contributed by atoms with van der Waals surface area (Å²) in [6, 6.07) is 0. The third-order valence-corrected chi connectivity index (χ3v) is 0.756. The highest BCUT2D eigenvalue weighted by Crippen LogP contribution is 2.15. The molecule has 0 aliphatic rings. The van der Waals surface area contributed by atoms with E-state index < -0.39 is 9.67 Å². The van der Waals surface area contributed by atoms with E-state index in [-0.39, 0.29) is 0 Å². The molecule has 0 spiro atoms. The van der Waals surface area contributed by atoms with E-state index in [0.717, 1.165) is 0 Å². The van der Waals surface area contributed by atoms with Crippen molar-refractivity contribution in [1.82, 2.24) is 0 Å². The zero-order valence-corrected chi connectivity index (χ0v) is 6.19. The molecule has 0 fully saturated rings. The second-order valence-electron chi connectivity index (χ2n) is 0.768. The molecule has 2 radical (unpaired) electrons. The van der Waals surface area contributed by atoms with Gasteiger partial charge in [-0.3, -0.25) is 0 Å². The predicted octanol–water partition coefficient (Wildman–Crippen LogP) is 2.68. The van der Waals surface area contributed by atoms with Crippen molar-refractivity contribution in [2.75, 3.05) is 0 Å². The van der Waals surface area contributed by atoms with Gasteiger partial charge in [0.15, 0.2) is 0 Å². The fourth-order valence-electron chi connectivity index (χ4n) is 0.0952. The highest BCUT2D eigenvalue weighted by Gasteiger charge is 2.05. The minimum atomic E-state index is -0.694. The van der Waals surface area contributed by atoms with Crippen molar-refractivity contribution in [3.8, 4) is 0 Å². The van der Waals surface area contributed by atoms with Gasteiger partial charge in [-0.15, -0.1) is 46.4 Å². The molecule has 0 saturated carbocycles. The van der Waals surface area contributed by atoms with Crippen LogP contribution in [0.2, 0.25) is 0 Å². The maximum Gasteiger partial charge on any atom is 0.117 e. The van der Waals surface area contributed by atoms with E-state index in [9.17, 15) is 0 Å². The van der Waals surface area contributed by atoms with Gasteiger partial charge in [0.25, 0.3) is 0 Å². The zero-order valence-electron chi connectivity index (χ0n) is 3.17. The van der Waals surface area contributed by atoms with E-state index in [1.807, 2.05) is 0 Å². The molecule has 0 rings (SSSR count). The van der Waals surface area contributed by atoms with E-state index in [1.54, 1.807) is 0 Å². The lowest BCUT2D eigenvalue weighted by Crippen LogP contribution is -1.95. The summed E-state index contributed by atoms with van der Waals surface area (Å²) in [5.41, 5.74) is 0. The molecule has 7 heavy (non-hydrogen) atoms. The first-order chi connectivity index (χ1) is 3.13. The molecule has 0 N–H and O–H groups in total. The minimum Gasteiger partial charge on any atom is -0.105 e. The first kappa shape index (κ1) is 8.16. The molecule has 42 valence electrons. The summed E-state index contributed by atoms with van der Waals surface area (Å²) >= 11 is 20.6. The third-order valence-electron chi connectivity index (χ3n) is 0.252. The number of rotatable bonds is 2. The first-order valence-corrected chi connectivity index (χ1v) is 3.20. The Morgan fingerprint density at radius 3 is 1.14 bits per heavy atom. The Kier molecular flexibility index (Phi) is 4.76. The molecule has 0 saturated heterocycles. The van der Waals surface area contributed by atoms with Gasteiger partial charge in [-0.05, 0) is 0 Å². The van der Waals surface area contributed by atoms with Crippen LogP contribution in [0.3, 0.4) is 0 Å². The molecule has 0 aromatic carbocycles. The summed E-state index contributed by atoms with van der Waals surface area (Å²) in [6.07, 6.45) is 2.37. The van der Waals surface area contributed by atoms with Crippen LogP contribution in [0, 0.1) is 6.42 Å². The number of halogens is 4. The molecule has 0 atom stereocenters. The predicted molar refractivity (Wildman–Crippen MR) is 34.2 cm³/mol. The van der Waals surface area contributed by atoms with Crippen molar-refractivity contribution >= 4 is 46.4 Å². The quantitative estimate of drug-likeness (QED) is 0.572. The Bertz CT molecular complexity index is 36.2. The van der Waals surface area contributed by atoms with Gasteiger partial charge in [-0.1, -0.05) is 0 Å². The summed E-state index contributed by atoms with van der Waals surface area (Å²) in [7, 11) is 0. The Morgan fingerprint density at radius 2 is 1.14 bits per heavy atom. The van der Waals surface area contributed by atoms with Gasteiger partial charge < -0.3 is 0 Å². The summed E-state index contributed by atoms with van der Waals surface area (Å²) < 4.78 is 0. The van der Waals surface area contributed by atoms with Crippen LogP contribution in [0.5, 0.6) is 0 Å². The van der Waals surface area contributed by atoms with Gasteiger partial charge >= 0.3 is 0 Å². The standard InChI is InChI=1S/C3H2Cl4/c4-2(5)1-3(6)7/h2-3H. The van der Waals surface area contributed by atoms with Crippen LogP contribution < -0.4 is 0 Å². The zero-order chi connectivity index (χ0) is 5.86. The van der Waals surface area contributed by atoms with Gasteiger partial charge in [-0.2, -0.15) is 0 Å². The second kappa shape index (κ2) is 4.08. The van der Waals surface area contributed by atoms with Gasteiger partial charge in [0.2, 0.25) is 0 Å². The van der Waals surface area contributed by atoms with Crippen molar-refractivity contribution in [3.05, 3.63) is 6.42 Å². The van der Waals surface area contributed by atoms with Crippen molar-refractivity contribution in [1.29, 1.82) is 0 Å². The van der Waals surface area contributed by atoms with Gasteiger partial charge in [0, 0.05) is 0 Å². The minimum absolute atomic E-state index is 0.694. The second-order valence-corrected chi connectivity index (χ2v) is 2.96. The lowest BCUT2D eigenvalue weighted by molar-refractivity contribution is 1.28. The smallest absolute Gasteiger partial charge is 0.105 e. The van der Waals surface area contributed by atoms with Crippen LogP contribution in [0.15, 0.2) is 0 Å². The van der Waals surface area contributed by atoms with Gasteiger partial charge in [0.1, 0.15) is 9.67 Å². The lowest BCUT2D eigenvalue weighted by Gasteiger charge is -1.96. The molecule has 0 amide bonds. The molecular weight excluding hydrogens is 178 g/mol. The van der Waals surface area contributed by atoms with Gasteiger partial charge in [0.05, 0.1) is 6.42 Å². The number of hydrogen-bond donors (Lipinski definition) is 0. The fourth-order valence-corrected chi connectivity index (χ4v) is 0.857. The molecule has 0 aromatic rings. The van der Waals surface area contributed by atoms with Crippen molar-refractivity contribution in [3.63, 3.8) is 0 Å². The van der Waals surface area contributed by atoms with E-state index in [0.29, 0.717) is 0 Å². The lowest BCUT2D eigenvalue weighted by atomic mass is 10.6. The van der Waals surface area contributed by atoms with Crippen LogP contribution in [0.25, 0.3) is 0 Å². The molecule has 0 bridgehead atoms. The average molecular weight is 180 g/mol. The van der Waals surface area contributed by atoms with Crippen LogP contribution >= 0.6 is 46.4 Å². The van der Waals surface area contributed by atoms with Crippen molar-refractivity contribution < 1.29 is 0 Å². The van der Waals surface area contributed by atoms with Crippen LogP contribution in [-0.4, -0.2) is 9.67 Å². The summed E-state index contributed by atoms with van der Waals surface area (Å²) in [6.45, 7) is 0. The normalized spacial score (nSPS) is 11.1. The van der Waals surface area contributed by atoms with Crippen molar-refractivity contribution in [2.24, 2.45) is 0 Å². The van der Waals surface area contributed by atoms with Gasteiger partial charge in [-0.25, -0.2) is 0 Å². The van der Waals surface area contributed by atoms with E-state index in [1.165, 1.54) is 0 Å². The molecule has 0 heterocycles. The molecule has 4 heteroatoms. The Hall–Kier alpha value is 1.16. The number of hydrogen-bond acceptors (Lipinski definition) is 0. The topological polar surface area (TPSA) is 0 Å². The fraction of sp³-hybridized carbons (Fsp3) is 0.667. The maximum absolute atomic E-state index is 5.16. The molecular formula is C3H2Cl4.